The predicted molar refractivity (Wildman–Crippen MR) is 65.6 cm³/mol. The third-order valence-corrected chi connectivity index (χ3v) is 2.09. The Morgan fingerprint density at radius 3 is 2.53 bits per heavy atom. The van der Waals surface area contributed by atoms with Crippen molar-refractivity contribution < 1.29 is 5.11 Å². The topological polar surface area (TPSA) is 35.5 Å². The van der Waals surface area contributed by atoms with Gasteiger partial charge in [0.15, 0.2) is 0 Å². The van der Waals surface area contributed by atoms with Crippen molar-refractivity contribution in [3.8, 4) is 0 Å². The summed E-state index contributed by atoms with van der Waals surface area (Å²) in [5.74, 6) is 0. The van der Waals surface area contributed by atoms with Crippen LogP contribution in [-0.4, -0.2) is 31.3 Å². The summed E-state index contributed by atoms with van der Waals surface area (Å²) in [7, 11) is 4.02. The summed E-state index contributed by atoms with van der Waals surface area (Å²) >= 11 is 0. The number of hydrogen-bond acceptors (Lipinski definition) is 3. The molecule has 0 aliphatic rings. The molecule has 0 aliphatic carbocycles. The second kappa shape index (κ2) is 4.53. The molecule has 0 saturated heterocycles. The Hall–Kier alpha value is -1.22. The van der Waals surface area contributed by atoms with Crippen LogP contribution in [0.4, 0.5) is 11.4 Å². The maximum Gasteiger partial charge on any atom is 0.0763 e. The molecule has 0 radical (unpaired) electrons. The number of aliphatic hydroxyl groups is 1. The first-order chi connectivity index (χ1) is 6.88. The molecule has 2 N–H and O–H groups in total. The fraction of sp³-hybridized carbons (Fsp3) is 0.500. The molecule has 15 heavy (non-hydrogen) atoms. The molecular weight excluding hydrogens is 188 g/mol. The van der Waals surface area contributed by atoms with Crippen LogP contribution < -0.4 is 10.2 Å². The zero-order valence-corrected chi connectivity index (χ0v) is 9.91. The third-order valence-electron chi connectivity index (χ3n) is 2.09. The zero-order valence-electron chi connectivity index (χ0n) is 9.91. The van der Waals surface area contributed by atoms with Gasteiger partial charge in [-0.3, -0.25) is 0 Å². The average Bonchev–Trinajstić information content (AvgIpc) is 2.14. The van der Waals surface area contributed by atoms with E-state index in [0.717, 1.165) is 11.4 Å². The number of nitrogens with one attached hydrogen (secondary N) is 1. The summed E-state index contributed by atoms with van der Waals surface area (Å²) in [6, 6.07) is 8.11. The number of rotatable bonds is 4. The van der Waals surface area contributed by atoms with E-state index < -0.39 is 5.60 Å². The molecule has 0 spiro atoms. The van der Waals surface area contributed by atoms with E-state index in [1.54, 1.807) is 13.8 Å². The van der Waals surface area contributed by atoms with E-state index in [0.29, 0.717) is 6.54 Å². The van der Waals surface area contributed by atoms with Crippen LogP contribution in [0.25, 0.3) is 0 Å². The van der Waals surface area contributed by atoms with Crippen molar-refractivity contribution in [3.63, 3.8) is 0 Å². The largest absolute Gasteiger partial charge is 0.389 e. The van der Waals surface area contributed by atoms with Gasteiger partial charge in [0.2, 0.25) is 0 Å². The number of nitrogens with zero attached hydrogens (tertiary/aromatic N) is 1. The Balaban J connectivity index is 2.66. The monoisotopic (exact) mass is 208 g/mol. The van der Waals surface area contributed by atoms with E-state index >= 15 is 0 Å². The van der Waals surface area contributed by atoms with Crippen molar-refractivity contribution in [3.05, 3.63) is 24.3 Å². The van der Waals surface area contributed by atoms with Crippen molar-refractivity contribution in [1.29, 1.82) is 0 Å². The van der Waals surface area contributed by atoms with Gasteiger partial charge in [-0.05, 0) is 32.0 Å². The van der Waals surface area contributed by atoms with Crippen molar-refractivity contribution >= 4 is 11.4 Å². The molecule has 3 nitrogen and oxygen atoms in total. The summed E-state index contributed by atoms with van der Waals surface area (Å²) in [5, 5.41) is 12.8. The van der Waals surface area contributed by atoms with E-state index in [2.05, 4.69) is 22.3 Å². The number of benzene rings is 1. The van der Waals surface area contributed by atoms with Crippen molar-refractivity contribution in [2.45, 2.75) is 19.4 Å². The minimum absolute atomic E-state index is 0.546. The van der Waals surface area contributed by atoms with E-state index in [9.17, 15) is 5.11 Å². The molecule has 0 bridgehead atoms. The molecule has 0 amide bonds. The van der Waals surface area contributed by atoms with Crippen LogP contribution >= 0.6 is 0 Å². The van der Waals surface area contributed by atoms with Gasteiger partial charge in [-0.25, -0.2) is 0 Å². The summed E-state index contributed by atoms with van der Waals surface area (Å²) in [6.45, 7) is 4.12. The fourth-order valence-corrected chi connectivity index (χ4v) is 1.21. The molecule has 0 heterocycles. The van der Waals surface area contributed by atoms with Gasteiger partial charge >= 0.3 is 0 Å². The molecular formula is C12H20N2O. The molecule has 0 aromatic heterocycles. The molecule has 0 fully saturated rings. The summed E-state index contributed by atoms with van der Waals surface area (Å²) < 4.78 is 0. The van der Waals surface area contributed by atoms with Crippen molar-refractivity contribution in [2.75, 3.05) is 30.9 Å². The molecule has 3 heteroatoms. The normalized spacial score (nSPS) is 11.3. The van der Waals surface area contributed by atoms with Crippen LogP contribution in [0.1, 0.15) is 13.8 Å². The second-order valence-electron chi connectivity index (χ2n) is 4.61. The predicted octanol–water partition coefficient (Wildman–Crippen LogP) is 1.94. The lowest BCUT2D eigenvalue weighted by Gasteiger charge is -2.20. The first-order valence-electron chi connectivity index (χ1n) is 5.12. The smallest absolute Gasteiger partial charge is 0.0763 e. The van der Waals surface area contributed by atoms with E-state index in [-0.39, 0.29) is 0 Å². The Kier molecular flexibility index (Phi) is 3.58. The lowest BCUT2D eigenvalue weighted by Crippen LogP contribution is -2.29. The average molecular weight is 208 g/mol. The van der Waals surface area contributed by atoms with Gasteiger partial charge in [-0.1, -0.05) is 6.07 Å². The summed E-state index contributed by atoms with van der Waals surface area (Å²) in [6.07, 6.45) is 0. The second-order valence-corrected chi connectivity index (χ2v) is 4.61. The van der Waals surface area contributed by atoms with Crippen molar-refractivity contribution in [2.24, 2.45) is 0 Å². The Morgan fingerprint density at radius 2 is 2.00 bits per heavy atom. The van der Waals surface area contributed by atoms with Crippen LogP contribution in [0, 0.1) is 0 Å². The van der Waals surface area contributed by atoms with Gasteiger partial charge in [-0.2, -0.15) is 0 Å². The molecule has 1 aromatic carbocycles. The maximum absolute atomic E-state index is 9.58. The highest BCUT2D eigenvalue weighted by Gasteiger charge is 2.11. The van der Waals surface area contributed by atoms with Gasteiger partial charge < -0.3 is 15.3 Å². The molecule has 1 rings (SSSR count). The number of hydrogen-bond donors (Lipinski definition) is 2. The molecule has 1 aromatic rings. The van der Waals surface area contributed by atoms with Gasteiger partial charge in [0.1, 0.15) is 0 Å². The van der Waals surface area contributed by atoms with E-state index in [1.165, 1.54) is 0 Å². The fourth-order valence-electron chi connectivity index (χ4n) is 1.21. The van der Waals surface area contributed by atoms with Crippen LogP contribution in [0.3, 0.4) is 0 Å². The van der Waals surface area contributed by atoms with Gasteiger partial charge in [0, 0.05) is 32.0 Å². The summed E-state index contributed by atoms with van der Waals surface area (Å²) in [5.41, 5.74) is 1.49. The number of anilines is 2. The minimum Gasteiger partial charge on any atom is -0.389 e. The van der Waals surface area contributed by atoms with E-state index in [4.69, 9.17) is 0 Å². The van der Waals surface area contributed by atoms with Gasteiger partial charge in [0.25, 0.3) is 0 Å². The molecule has 0 saturated carbocycles. The Labute approximate surface area is 91.7 Å². The summed E-state index contributed by atoms with van der Waals surface area (Å²) in [4.78, 5) is 2.05. The Bertz CT molecular complexity index is 316. The standard InChI is InChI=1S/C12H20N2O/c1-12(2,15)9-13-10-6-5-7-11(8-10)14(3)4/h5-8,13,15H,9H2,1-4H3. The lowest BCUT2D eigenvalue weighted by atomic mass is 10.1. The van der Waals surface area contributed by atoms with Crippen molar-refractivity contribution in [1.82, 2.24) is 0 Å². The first-order valence-corrected chi connectivity index (χ1v) is 5.12. The van der Waals surface area contributed by atoms with E-state index in [1.807, 2.05) is 26.2 Å². The van der Waals surface area contributed by atoms with Crippen LogP contribution in [0.2, 0.25) is 0 Å². The van der Waals surface area contributed by atoms with Crippen LogP contribution in [0.15, 0.2) is 24.3 Å². The lowest BCUT2D eigenvalue weighted by molar-refractivity contribution is 0.0945. The highest BCUT2D eigenvalue weighted by Crippen LogP contribution is 2.17. The molecule has 0 atom stereocenters. The Morgan fingerprint density at radius 1 is 1.33 bits per heavy atom. The third kappa shape index (κ3) is 4.21. The van der Waals surface area contributed by atoms with Crippen LogP contribution in [0.5, 0.6) is 0 Å². The first kappa shape index (κ1) is 11.9. The zero-order chi connectivity index (χ0) is 11.5. The molecule has 0 aliphatic heterocycles. The van der Waals surface area contributed by atoms with Gasteiger partial charge in [0.05, 0.1) is 5.60 Å². The molecule has 0 unspecified atom stereocenters. The quantitative estimate of drug-likeness (QED) is 0.793. The minimum atomic E-state index is -0.686. The highest BCUT2D eigenvalue weighted by molar-refractivity contribution is 5.57. The SMILES string of the molecule is CN(C)c1cccc(NCC(C)(C)O)c1. The maximum atomic E-state index is 9.58. The molecule has 84 valence electrons. The highest BCUT2D eigenvalue weighted by atomic mass is 16.3. The van der Waals surface area contributed by atoms with Gasteiger partial charge in [-0.15, -0.1) is 0 Å². The van der Waals surface area contributed by atoms with Crippen LogP contribution in [-0.2, 0) is 0 Å².